The lowest BCUT2D eigenvalue weighted by molar-refractivity contribution is -0.122. The molecule has 0 atom stereocenters. The quantitative estimate of drug-likeness (QED) is 0.783. The molecule has 0 heterocycles. The van der Waals surface area contributed by atoms with Crippen LogP contribution in [0.1, 0.15) is 18.1 Å². The standard InChI is InChI=1S/C20H26ClN3O/c1-4-24(14-16-8-10-19(11-9-16)23(2)3)15-20(25)22-13-17-6-5-7-18(21)12-17/h5-12H,4,13-15H2,1-3H3,(H,22,25). The second kappa shape index (κ2) is 9.44. The van der Waals surface area contributed by atoms with E-state index in [9.17, 15) is 4.79 Å². The number of nitrogens with one attached hydrogen (secondary N) is 1. The minimum absolute atomic E-state index is 0.0201. The molecule has 2 aromatic carbocycles. The molecule has 0 unspecified atom stereocenters. The van der Waals surface area contributed by atoms with Crippen molar-refractivity contribution >= 4 is 23.2 Å². The average molecular weight is 360 g/mol. The fourth-order valence-corrected chi connectivity index (χ4v) is 2.76. The third-order valence-corrected chi connectivity index (χ3v) is 4.29. The van der Waals surface area contributed by atoms with Crippen LogP contribution in [0.15, 0.2) is 48.5 Å². The van der Waals surface area contributed by atoms with Gasteiger partial charge in [0, 0.05) is 37.9 Å². The van der Waals surface area contributed by atoms with Gasteiger partial charge in [-0.3, -0.25) is 9.69 Å². The minimum Gasteiger partial charge on any atom is -0.378 e. The van der Waals surface area contributed by atoms with Crippen molar-refractivity contribution in [2.45, 2.75) is 20.0 Å². The van der Waals surface area contributed by atoms with E-state index in [1.54, 1.807) is 0 Å². The van der Waals surface area contributed by atoms with E-state index in [4.69, 9.17) is 11.6 Å². The van der Waals surface area contributed by atoms with E-state index >= 15 is 0 Å². The predicted molar refractivity (Wildman–Crippen MR) is 105 cm³/mol. The highest BCUT2D eigenvalue weighted by Gasteiger charge is 2.10. The van der Waals surface area contributed by atoms with E-state index in [1.807, 2.05) is 38.4 Å². The van der Waals surface area contributed by atoms with Gasteiger partial charge < -0.3 is 10.2 Å². The Kier molecular flexibility index (Phi) is 7.29. The zero-order valence-electron chi connectivity index (χ0n) is 15.1. The summed E-state index contributed by atoms with van der Waals surface area (Å²) in [5.74, 6) is 0.0201. The fourth-order valence-electron chi connectivity index (χ4n) is 2.54. The van der Waals surface area contributed by atoms with Crippen LogP contribution in [-0.2, 0) is 17.9 Å². The third kappa shape index (κ3) is 6.40. The number of likely N-dealkylation sites (N-methyl/N-ethyl adjacent to an activating group) is 1. The molecule has 4 nitrogen and oxygen atoms in total. The number of halogens is 1. The van der Waals surface area contributed by atoms with Crippen LogP contribution in [0.3, 0.4) is 0 Å². The zero-order valence-corrected chi connectivity index (χ0v) is 15.9. The monoisotopic (exact) mass is 359 g/mol. The maximum atomic E-state index is 12.2. The van der Waals surface area contributed by atoms with Gasteiger partial charge in [-0.1, -0.05) is 42.8 Å². The number of nitrogens with zero attached hydrogens (tertiary/aromatic N) is 2. The summed E-state index contributed by atoms with van der Waals surface area (Å²) in [6, 6.07) is 16.0. The van der Waals surface area contributed by atoms with Gasteiger partial charge in [0.25, 0.3) is 0 Å². The molecule has 2 rings (SSSR count). The average Bonchev–Trinajstić information content (AvgIpc) is 2.60. The van der Waals surface area contributed by atoms with Gasteiger partial charge in [0.05, 0.1) is 6.54 Å². The number of benzene rings is 2. The molecule has 1 amide bonds. The number of hydrogen-bond donors (Lipinski definition) is 1. The van der Waals surface area contributed by atoms with Gasteiger partial charge in [-0.15, -0.1) is 0 Å². The van der Waals surface area contributed by atoms with Crippen molar-refractivity contribution in [3.63, 3.8) is 0 Å². The van der Waals surface area contributed by atoms with E-state index in [1.165, 1.54) is 11.3 Å². The van der Waals surface area contributed by atoms with Crippen molar-refractivity contribution in [3.8, 4) is 0 Å². The Morgan fingerprint density at radius 1 is 1.08 bits per heavy atom. The van der Waals surface area contributed by atoms with Gasteiger partial charge in [0.15, 0.2) is 0 Å². The van der Waals surface area contributed by atoms with Crippen molar-refractivity contribution in [1.29, 1.82) is 0 Å². The predicted octanol–water partition coefficient (Wildman–Crippen LogP) is 3.54. The van der Waals surface area contributed by atoms with E-state index in [2.05, 4.69) is 46.3 Å². The van der Waals surface area contributed by atoms with Gasteiger partial charge >= 0.3 is 0 Å². The van der Waals surface area contributed by atoms with Crippen LogP contribution >= 0.6 is 11.6 Å². The van der Waals surface area contributed by atoms with E-state index in [0.717, 1.165) is 18.7 Å². The lowest BCUT2D eigenvalue weighted by Crippen LogP contribution is -2.36. The Bertz CT molecular complexity index is 686. The van der Waals surface area contributed by atoms with E-state index < -0.39 is 0 Å². The Morgan fingerprint density at radius 2 is 1.80 bits per heavy atom. The Labute approximate surface area is 155 Å². The van der Waals surface area contributed by atoms with Gasteiger partial charge in [-0.05, 0) is 41.9 Å². The summed E-state index contributed by atoms with van der Waals surface area (Å²) in [5, 5.41) is 3.64. The first-order valence-corrected chi connectivity index (χ1v) is 8.85. The zero-order chi connectivity index (χ0) is 18.2. The molecule has 0 fully saturated rings. The van der Waals surface area contributed by atoms with Crippen molar-refractivity contribution in [2.75, 3.05) is 32.1 Å². The summed E-state index contributed by atoms with van der Waals surface area (Å²) < 4.78 is 0. The van der Waals surface area contributed by atoms with Crippen LogP contribution in [-0.4, -0.2) is 38.0 Å². The smallest absolute Gasteiger partial charge is 0.234 e. The molecule has 0 aliphatic carbocycles. The number of carbonyl (C=O) groups is 1. The van der Waals surface area contributed by atoms with Crippen molar-refractivity contribution in [2.24, 2.45) is 0 Å². The molecule has 0 aliphatic rings. The highest BCUT2D eigenvalue weighted by atomic mass is 35.5. The molecule has 134 valence electrons. The molecule has 5 heteroatoms. The first-order valence-electron chi connectivity index (χ1n) is 8.47. The highest BCUT2D eigenvalue weighted by molar-refractivity contribution is 6.30. The normalized spacial score (nSPS) is 10.8. The minimum atomic E-state index is 0.0201. The summed E-state index contributed by atoms with van der Waals surface area (Å²) in [4.78, 5) is 16.4. The number of anilines is 1. The number of carbonyl (C=O) groups excluding carboxylic acids is 1. The van der Waals surface area contributed by atoms with Crippen molar-refractivity contribution in [3.05, 3.63) is 64.7 Å². The molecular formula is C20H26ClN3O. The molecule has 0 spiro atoms. The lowest BCUT2D eigenvalue weighted by atomic mass is 10.2. The third-order valence-electron chi connectivity index (χ3n) is 4.05. The summed E-state index contributed by atoms with van der Waals surface area (Å²) in [6.45, 7) is 4.52. The molecule has 0 aliphatic heterocycles. The second-order valence-electron chi connectivity index (χ2n) is 6.27. The van der Waals surface area contributed by atoms with Gasteiger partial charge in [0.2, 0.25) is 5.91 Å². The number of rotatable bonds is 8. The highest BCUT2D eigenvalue weighted by Crippen LogP contribution is 2.14. The molecule has 1 N–H and O–H groups in total. The van der Waals surface area contributed by atoms with Crippen molar-refractivity contribution in [1.82, 2.24) is 10.2 Å². The Balaban J connectivity index is 1.84. The largest absolute Gasteiger partial charge is 0.378 e. The summed E-state index contributed by atoms with van der Waals surface area (Å²) >= 11 is 5.96. The van der Waals surface area contributed by atoms with E-state index in [0.29, 0.717) is 18.1 Å². The first-order chi connectivity index (χ1) is 12.0. The first kappa shape index (κ1) is 19.3. The summed E-state index contributed by atoms with van der Waals surface area (Å²) in [6.07, 6.45) is 0. The molecule has 0 saturated heterocycles. The van der Waals surface area contributed by atoms with Crippen LogP contribution in [0.5, 0.6) is 0 Å². The molecule has 0 radical (unpaired) electrons. The molecule has 0 bridgehead atoms. The Morgan fingerprint density at radius 3 is 2.40 bits per heavy atom. The number of hydrogen-bond acceptors (Lipinski definition) is 3. The molecule has 0 aromatic heterocycles. The van der Waals surface area contributed by atoms with Crippen molar-refractivity contribution < 1.29 is 4.79 Å². The number of amides is 1. The van der Waals surface area contributed by atoms with Gasteiger partial charge in [0.1, 0.15) is 0 Å². The second-order valence-corrected chi connectivity index (χ2v) is 6.71. The SMILES string of the molecule is CCN(CC(=O)NCc1cccc(Cl)c1)Cc1ccc(N(C)C)cc1. The fraction of sp³-hybridized carbons (Fsp3) is 0.350. The maximum absolute atomic E-state index is 12.2. The van der Waals surface area contributed by atoms with Crippen LogP contribution in [0, 0.1) is 0 Å². The molecule has 0 saturated carbocycles. The summed E-state index contributed by atoms with van der Waals surface area (Å²) in [5.41, 5.74) is 3.38. The lowest BCUT2D eigenvalue weighted by Gasteiger charge is -2.20. The van der Waals surface area contributed by atoms with Gasteiger partial charge in [-0.25, -0.2) is 0 Å². The van der Waals surface area contributed by atoms with Crippen LogP contribution in [0.2, 0.25) is 5.02 Å². The maximum Gasteiger partial charge on any atom is 0.234 e. The molecule has 25 heavy (non-hydrogen) atoms. The van der Waals surface area contributed by atoms with Crippen LogP contribution < -0.4 is 10.2 Å². The summed E-state index contributed by atoms with van der Waals surface area (Å²) in [7, 11) is 4.05. The molecular weight excluding hydrogens is 334 g/mol. The van der Waals surface area contributed by atoms with Gasteiger partial charge in [-0.2, -0.15) is 0 Å². The topological polar surface area (TPSA) is 35.6 Å². The Hall–Kier alpha value is -2.04. The van der Waals surface area contributed by atoms with E-state index in [-0.39, 0.29) is 5.91 Å². The van der Waals surface area contributed by atoms with Crippen LogP contribution in [0.25, 0.3) is 0 Å². The molecule has 2 aromatic rings. The van der Waals surface area contributed by atoms with Crippen LogP contribution in [0.4, 0.5) is 5.69 Å².